The van der Waals surface area contributed by atoms with Crippen molar-refractivity contribution < 1.29 is 31.6 Å². The molecule has 0 saturated carbocycles. The highest BCUT2D eigenvalue weighted by atomic mass is 32.2. The fraction of sp³-hybridized carbons (Fsp3) is 0.348. The van der Waals surface area contributed by atoms with E-state index in [1.54, 1.807) is 17.0 Å². The van der Waals surface area contributed by atoms with Gasteiger partial charge in [0.1, 0.15) is 0 Å². The van der Waals surface area contributed by atoms with Gasteiger partial charge < -0.3 is 9.80 Å². The highest BCUT2D eigenvalue weighted by molar-refractivity contribution is 7.91. The molecule has 2 saturated heterocycles. The fourth-order valence-corrected chi connectivity index (χ4v) is 5.94. The molecule has 0 N–H and O–H groups in total. The lowest BCUT2D eigenvalue weighted by Crippen LogP contribution is -2.52. The maximum Gasteiger partial charge on any atom is 0.254 e. The van der Waals surface area contributed by atoms with Gasteiger partial charge in [-0.05, 0) is 30.7 Å². The number of carbonyl (C=O) groups is 3. The summed E-state index contributed by atoms with van der Waals surface area (Å²) >= 11 is 0. The molecule has 0 spiro atoms. The lowest BCUT2D eigenvalue weighted by Gasteiger charge is -2.36. The quantitative estimate of drug-likeness (QED) is 0.629. The van der Waals surface area contributed by atoms with Crippen LogP contribution in [0.2, 0.25) is 0 Å². The number of piperazine rings is 1. The average molecular weight is 477 g/mol. The minimum Gasteiger partial charge on any atom is -0.339 e. The average Bonchev–Trinajstić information content (AvgIpc) is 3.19. The zero-order valence-electron chi connectivity index (χ0n) is 17.7. The first-order valence-electron chi connectivity index (χ1n) is 10.5. The fourth-order valence-electron chi connectivity index (χ4n) is 4.21. The van der Waals surface area contributed by atoms with Crippen molar-refractivity contribution in [1.29, 1.82) is 0 Å². The molecule has 1 atom stereocenters. The van der Waals surface area contributed by atoms with E-state index in [4.69, 9.17) is 0 Å². The normalized spacial score (nSPS) is 20.0. The number of amides is 2. The molecule has 33 heavy (non-hydrogen) atoms. The van der Waals surface area contributed by atoms with Gasteiger partial charge >= 0.3 is 0 Å². The Hall–Kier alpha value is -3.14. The molecule has 2 heterocycles. The molecule has 0 radical (unpaired) electrons. The van der Waals surface area contributed by atoms with E-state index in [-0.39, 0.29) is 60.3 Å². The molecule has 2 aliphatic rings. The van der Waals surface area contributed by atoms with Crippen molar-refractivity contribution >= 4 is 27.4 Å². The van der Waals surface area contributed by atoms with Gasteiger partial charge in [0.2, 0.25) is 5.91 Å². The summed E-state index contributed by atoms with van der Waals surface area (Å²) in [7, 11) is -3.17. The third kappa shape index (κ3) is 4.80. The zero-order chi connectivity index (χ0) is 23.8. The molecule has 2 aromatic rings. The van der Waals surface area contributed by atoms with Crippen LogP contribution in [0.1, 0.15) is 32.7 Å². The highest BCUT2D eigenvalue weighted by Crippen LogP contribution is 2.23. The molecule has 4 rings (SSSR count). The molecule has 10 heteroatoms. The minimum absolute atomic E-state index is 0.0185. The van der Waals surface area contributed by atoms with E-state index in [1.807, 2.05) is 0 Å². The van der Waals surface area contributed by atoms with Crippen LogP contribution < -0.4 is 0 Å². The van der Waals surface area contributed by atoms with Gasteiger partial charge in [-0.15, -0.1) is 0 Å². The largest absolute Gasteiger partial charge is 0.339 e. The number of rotatable bonds is 4. The summed E-state index contributed by atoms with van der Waals surface area (Å²) in [5, 5.41) is 0. The Morgan fingerprint density at radius 1 is 0.848 bits per heavy atom. The summed E-state index contributed by atoms with van der Waals surface area (Å²) in [4.78, 5) is 41.8. The molecular formula is C23H22F2N2O5S. The first kappa shape index (κ1) is 23.0. The smallest absolute Gasteiger partial charge is 0.254 e. The van der Waals surface area contributed by atoms with Crippen molar-refractivity contribution in [2.75, 3.05) is 37.7 Å². The SMILES string of the molecule is O=C(c1ccc(F)c(F)c1)c1ccccc1C(=O)N1CCN(C(=O)C2CCS(=O)(=O)C2)CC1. The summed E-state index contributed by atoms with van der Waals surface area (Å²) in [5.41, 5.74) is 0.133. The Balaban J connectivity index is 1.46. The second kappa shape index (κ2) is 9.01. The molecule has 2 aliphatic heterocycles. The van der Waals surface area contributed by atoms with Gasteiger partial charge in [-0.3, -0.25) is 14.4 Å². The van der Waals surface area contributed by atoms with Gasteiger partial charge in [-0.1, -0.05) is 18.2 Å². The Bertz CT molecular complexity index is 1220. The van der Waals surface area contributed by atoms with Crippen LogP contribution >= 0.6 is 0 Å². The second-order valence-corrected chi connectivity index (χ2v) is 10.4. The third-order valence-electron chi connectivity index (χ3n) is 6.04. The predicted octanol–water partition coefficient (Wildman–Crippen LogP) is 1.91. The van der Waals surface area contributed by atoms with E-state index in [1.165, 1.54) is 17.0 Å². The monoisotopic (exact) mass is 476 g/mol. The van der Waals surface area contributed by atoms with Crippen LogP contribution in [-0.2, 0) is 14.6 Å². The standard InChI is InChI=1S/C23H22F2N2O5S/c24-19-6-5-15(13-20(19)25)21(28)17-3-1-2-4-18(17)23(30)27-10-8-26(9-11-27)22(29)16-7-12-33(31,32)14-16/h1-6,13,16H,7-12,14H2. The maximum absolute atomic E-state index is 13.6. The van der Waals surface area contributed by atoms with Gasteiger partial charge in [0.15, 0.2) is 27.3 Å². The molecule has 2 aromatic carbocycles. The molecule has 2 fully saturated rings. The lowest BCUT2D eigenvalue weighted by atomic mass is 9.97. The van der Waals surface area contributed by atoms with Crippen LogP contribution in [0.5, 0.6) is 0 Å². The van der Waals surface area contributed by atoms with E-state index in [0.717, 1.165) is 18.2 Å². The van der Waals surface area contributed by atoms with E-state index in [0.29, 0.717) is 6.42 Å². The first-order valence-corrected chi connectivity index (χ1v) is 12.4. The van der Waals surface area contributed by atoms with Crippen LogP contribution in [0.4, 0.5) is 8.78 Å². The summed E-state index contributed by atoms with van der Waals surface area (Å²) in [6.07, 6.45) is 0.319. The van der Waals surface area contributed by atoms with E-state index < -0.39 is 39.1 Å². The maximum atomic E-state index is 13.6. The van der Waals surface area contributed by atoms with Crippen molar-refractivity contribution in [1.82, 2.24) is 9.80 Å². The number of sulfone groups is 1. The van der Waals surface area contributed by atoms with Gasteiger partial charge in [0.25, 0.3) is 5.91 Å². The van der Waals surface area contributed by atoms with Crippen molar-refractivity contribution in [3.63, 3.8) is 0 Å². The van der Waals surface area contributed by atoms with E-state index in [2.05, 4.69) is 0 Å². The van der Waals surface area contributed by atoms with Crippen molar-refractivity contribution in [2.24, 2.45) is 5.92 Å². The third-order valence-corrected chi connectivity index (χ3v) is 7.81. The zero-order valence-corrected chi connectivity index (χ0v) is 18.5. The Kier molecular flexibility index (Phi) is 6.29. The number of hydrogen-bond acceptors (Lipinski definition) is 5. The Morgan fingerprint density at radius 3 is 2.09 bits per heavy atom. The Labute approximate surface area is 189 Å². The number of benzene rings is 2. The van der Waals surface area contributed by atoms with Crippen molar-refractivity contribution in [2.45, 2.75) is 6.42 Å². The number of halogens is 2. The van der Waals surface area contributed by atoms with Crippen LogP contribution in [0.15, 0.2) is 42.5 Å². The Morgan fingerprint density at radius 2 is 1.48 bits per heavy atom. The van der Waals surface area contributed by atoms with Gasteiger partial charge in [-0.2, -0.15) is 0 Å². The minimum atomic E-state index is -3.17. The summed E-state index contributed by atoms with van der Waals surface area (Å²) in [6, 6.07) is 8.96. The number of nitrogens with zero attached hydrogens (tertiary/aromatic N) is 2. The van der Waals surface area contributed by atoms with E-state index >= 15 is 0 Å². The van der Waals surface area contributed by atoms with E-state index in [9.17, 15) is 31.6 Å². The summed E-state index contributed by atoms with van der Waals surface area (Å²) in [6.45, 7) is 0.996. The molecule has 0 bridgehead atoms. The molecule has 7 nitrogen and oxygen atoms in total. The van der Waals surface area contributed by atoms with Crippen molar-refractivity contribution in [3.8, 4) is 0 Å². The van der Waals surface area contributed by atoms with Crippen LogP contribution in [0, 0.1) is 17.6 Å². The summed E-state index contributed by atoms with van der Waals surface area (Å²) in [5.74, 6) is -4.09. The number of hydrogen-bond donors (Lipinski definition) is 0. The van der Waals surface area contributed by atoms with Gasteiger partial charge in [0, 0.05) is 37.3 Å². The first-order chi connectivity index (χ1) is 15.7. The molecule has 174 valence electrons. The van der Waals surface area contributed by atoms with Crippen LogP contribution in [0.3, 0.4) is 0 Å². The number of carbonyl (C=O) groups excluding carboxylic acids is 3. The molecule has 0 aliphatic carbocycles. The summed E-state index contributed by atoms with van der Waals surface area (Å²) < 4.78 is 50.2. The van der Waals surface area contributed by atoms with Crippen molar-refractivity contribution in [3.05, 3.63) is 70.8 Å². The molecular weight excluding hydrogens is 454 g/mol. The predicted molar refractivity (Wildman–Crippen MR) is 115 cm³/mol. The molecule has 0 aromatic heterocycles. The molecule has 2 amide bonds. The second-order valence-electron chi connectivity index (χ2n) is 8.22. The van der Waals surface area contributed by atoms with Gasteiger partial charge in [-0.25, -0.2) is 17.2 Å². The van der Waals surface area contributed by atoms with Crippen LogP contribution in [-0.4, -0.2) is 73.5 Å². The highest BCUT2D eigenvalue weighted by Gasteiger charge is 2.37. The number of ketones is 1. The van der Waals surface area contributed by atoms with Gasteiger partial charge in [0.05, 0.1) is 23.0 Å². The van der Waals surface area contributed by atoms with Crippen LogP contribution in [0.25, 0.3) is 0 Å². The lowest BCUT2D eigenvalue weighted by molar-refractivity contribution is -0.136. The topological polar surface area (TPSA) is 91.8 Å². The molecule has 1 unspecified atom stereocenters.